The number of nitrogens with zero attached hydrogens (tertiary/aromatic N) is 1. The van der Waals surface area contributed by atoms with Crippen molar-refractivity contribution in [2.24, 2.45) is 0 Å². The van der Waals surface area contributed by atoms with Gasteiger partial charge in [0.25, 0.3) is 0 Å². The van der Waals surface area contributed by atoms with Crippen molar-refractivity contribution in [3.05, 3.63) is 30.1 Å². The predicted molar refractivity (Wildman–Crippen MR) is 139 cm³/mol. The number of aryl methyl sites for hydroxylation is 2. The fourth-order valence-electron chi connectivity index (χ4n) is 4.58. The molecule has 0 unspecified atom stereocenters. The van der Waals surface area contributed by atoms with E-state index < -0.39 is 0 Å². The first kappa shape index (κ1) is 28.2. The smallest absolute Gasteiger partial charge is 0.169 e. The molecule has 0 amide bonds. The molecule has 1 heteroatoms. The number of hydrogen-bond acceptors (Lipinski definition) is 0. The van der Waals surface area contributed by atoms with Crippen LogP contribution < -0.4 is 4.57 Å². The number of hydrogen-bond donors (Lipinski definition) is 0. The van der Waals surface area contributed by atoms with E-state index in [9.17, 15) is 0 Å². The van der Waals surface area contributed by atoms with Crippen LogP contribution in [-0.4, -0.2) is 0 Å². The summed E-state index contributed by atoms with van der Waals surface area (Å²) in [7, 11) is 0. The van der Waals surface area contributed by atoms with Crippen LogP contribution in [0.1, 0.15) is 154 Å². The van der Waals surface area contributed by atoms with E-state index in [0.717, 1.165) is 0 Å². The minimum absolute atomic E-state index is 1.19. The van der Waals surface area contributed by atoms with Gasteiger partial charge in [-0.1, -0.05) is 129 Å². The Bertz CT molecular complexity index is 464. The van der Waals surface area contributed by atoms with Crippen molar-refractivity contribution in [3.8, 4) is 0 Å². The topological polar surface area (TPSA) is 3.88 Å². The SMILES string of the molecule is CCCCCCCCCCCCCCCCc1cc[n+](CCCCCCCCC)cc1. The zero-order valence-electron chi connectivity index (χ0n) is 21.5. The highest BCUT2D eigenvalue weighted by molar-refractivity contribution is 5.07. The van der Waals surface area contributed by atoms with Gasteiger partial charge >= 0.3 is 0 Å². The zero-order chi connectivity index (χ0) is 22.2. The van der Waals surface area contributed by atoms with Crippen LogP contribution in [0, 0.1) is 0 Å². The maximum atomic E-state index is 2.38. The highest BCUT2D eigenvalue weighted by Crippen LogP contribution is 2.14. The number of unbranched alkanes of at least 4 members (excludes halogenated alkanes) is 19. The largest absolute Gasteiger partial charge is 0.205 e. The summed E-state index contributed by atoms with van der Waals surface area (Å²) in [4.78, 5) is 0. The second-order valence-electron chi connectivity index (χ2n) is 9.91. The quantitative estimate of drug-likeness (QED) is 0.120. The number of pyridine rings is 1. The first-order valence-corrected chi connectivity index (χ1v) is 14.3. The van der Waals surface area contributed by atoms with Crippen molar-refractivity contribution in [1.82, 2.24) is 0 Å². The van der Waals surface area contributed by atoms with Crippen LogP contribution in [0.3, 0.4) is 0 Å². The molecule has 0 radical (unpaired) electrons. The molecule has 0 N–H and O–H groups in total. The first-order valence-electron chi connectivity index (χ1n) is 14.3. The lowest BCUT2D eigenvalue weighted by Gasteiger charge is -2.04. The van der Waals surface area contributed by atoms with Gasteiger partial charge in [0.1, 0.15) is 6.54 Å². The van der Waals surface area contributed by atoms with Crippen LogP contribution in [0.4, 0.5) is 0 Å². The van der Waals surface area contributed by atoms with Gasteiger partial charge in [-0.3, -0.25) is 0 Å². The van der Waals surface area contributed by atoms with E-state index in [4.69, 9.17) is 0 Å². The van der Waals surface area contributed by atoms with Gasteiger partial charge in [-0.05, 0) is 24.8 Å². The van der Waals surface area contributed by atoms with Crippen molar-refractivity contribution in [3.63, 3.8) is 0 Å². The number of aromatic nitrogens is 1. The average Bonchev–Trinajstić information content (AvgIpc) is 2.79. The van der Waals surface area contributed by atoms with Gasteiger partial charge in [0.15, 0.2) is 12.4 Å². The average molecular weight is 431 g/mol. The third-order valence-electron chi connectivity index (χ3n) is 6.80. The maximum Gasteiger partial charge on any atom is 0.169 e. The summed E-state index contributed by atoms with van der Waals surface area (Å²) in [6.07, 6.45) is 35.8. The number of rotatable bonds is 23. The van der Waals surface area contributed by atoms with Gasteiger partial charge in [0.2, 0.25) is 0 Å². The summed E-state index contributed by atoms with van der Waals surface area (Å²) >= 11 is 0. The van der Waals surface area contributed by atoms with E-state index in [1.54, 1.807) is 0 Å². The molecule has 31 heavy (non-hydrogen) atoms. The summed E-state index contributed by atoms with van der Waals surface area (Å²) in [6, 6.07) is 4.70. The van der Waals surface area contributed by atoms with Crippen molar-refractivity contribution in [2.45, 2.75) is 162 Å². The Morgan fingerprint density at radius 1 is 0.452 bits per heavy atom. The Morgan fingerprint density at radius 3 is 1.23 bits per heavy atom. The van der Waals surface area contributed by atoms with Crippen LogP contribution >= 0.6 is 0 Å². The first-order chi connectivity index (χ1) is 15.4. The summed E-state index contributed by atoms with van der Waals surface area (Å²) in [6.45, 7) is 5.78. The highest BCUT2D eigenvalue weighted by Gasteiger charge is 2.02. The Hall–Kier alpha value is -0.850. The summed E-state index contributed by atoms with van der Waals surface area (Å²) in [5.41, 5.74) is 1.52. The molecule has 0 bridgehead atoms. The Kier molecular flexibility index (Phi) is 20.3. The molecule has 1 aromatic rings. The molecule has 0 aliphatic rings. The molecule has 1 nitrogen and oxygen atoms in total. The van der Waals surface area contributed by atoms with Gasteiger partial charge < -0.3 is 0 Å². The fourth-order valence-corrected chi connectivity index (χ4v) is 4.58. The molecule has 1 aromatic heterocycles. The molecule has 0 aliphatic heterocycles. The normalized spacial score (nSPS) is 11.3. The molecule has 0 aliphatic carbocycles. The Labute approximate surface area is 196 Å². The second-order valence-corrected chi connectivity index (χ2v) is 9.91. The Morgan fingerprint density at radius 2 is 0.806 bits per heavy atom. The van der Waals surface area contributed by atoms with Crippen LogP contribution in [0.15, 0.2) is 24.5 Å². The monoisotopic (exact) mass is 430 g/mol. The molecule has 0 fully saturated rings. The molecule has 180 valence electrons. The minimum Gasteiger partial charge on any atom is -0.205 e. The van der Waals surface area contributed by atoms with E-state index in [1.807, 2.05) is 0 Å². The fraction of sp³-hybridized carbons (Fsp3) is 0.833. The lowest BCUT2D eigenvalue weighted by Crippen LogP contribution is -2.32. The van der Waals surface area contributed by atoms with Gasteiger partial charge in [-0.25, -0.2) is 4.57 Å². The summed E-state index contributed by atoms with van der Waals surface area (Å²) in [5.74, 6) is 0. The molecular weight excluding hydrogens is 374 g/mol. The zero-order valence-corrected chi connectivity index (χ0v) is 21.5. The summed E-state index contributed by atoms with van der Waals surface area (Å²) < 4.78 is 2.38. The lowest BCUT2D eigenvalue weighted by atomic mass is 10.0. The van der Waals surface area contributed by atoms with E-state index in [2.05, 4.69) is 42.9 Å². The van der Waals surface area contributed by atoms with Gasteiger partial charge in [0.05, 0.1) is 0 Å². The van der Waals surface area contributed by atoms with Crippen molar-refractivity contribution < 1.29 is 4.57 Å². The van der Waals surface area contributed by atoms with E-state index >= 15 is 0 Å². The molecule has 0 saturated heterocycles. The van der Waals surface area contributed by atoms with Crippen LogP contribution in [0.25, 0.3) is 0 Å². The Balaban J connectivity index is 1.87. The lowest BCUT2D eigenvalue weighted by molar-refractivity contribution is -0.697. The molecule has 0 spiro atoms. The van der Waals surface area contributed by atoms with Gasteiger partial charge in [0, 0.05) is 18.6 Å². The molecule has 0 aromatic carbocycles. The third-order valence-corrected chi connectivity index (χ3v) is 6.80. The van der Waals surface area contributed by atoms with E-state index in [-0.39, 0.29) is 0 Å². The highest BCUT2D eigenvalue weighted by atomic mass is 14.9. The third kappa shape index (κ3) is 18.4. The second kappa shape index (κ2) is 22.3. The molecule has 1 rings (SSSR count). The minimum atomic E-state index is 1.19. The van der Waals surface area contributed by atoms with Gasteiger partial charge in [-0.15, -0.1) is 0 Å². The maximum absolute atomic E-state index is 2.38. The standard InChI is InChI=1S/C30H56N/c1-3-5-7-9-11-12-13-14-15-16-17-18-20-22-24-30-25-28-31(29-26-30)27-23-21-19-10-8-6-4-2/h25-26,28-29H,3-24,27H2,1-2H3/q+1. The van der Waals surface area contributed by atoms with Crippen molar-refractivity contribution >= 4 is 0 Å². The summed E-state index contributed by atoms with van der Waals surface area (Å²) in [5, 5.41) is 0. The van der Waals surface area contributed by atoms with Crippen molar-refractivity contribution in [1.29, 1.82) is 0 Å². The van der Waals surface area contributed by atoms with Gasteiger partial charge in [-0.2, -0.15) is 0 Å². The van der Waals surface area contributed by atoms with E-state index in [0.29, 0.717) is 0 Å². The van der Waals surface area contributed by atoms with Crippen molar-refractivity contribution in [2.75, 3.05) is 0 Å². The molecule has 1 heterocycles. The van der Waals surface area contributed by atoms with Crippen LogP contribution in [-0.2, 0) is 13.0 Å². The molecule has 0 saturated carbocycles. The van der Waals surface area contributed by atoms with Crippen LogP contribution in [0.5, 0.6) is 0 Å². The molecular formula is C30H56N+. The van der Waals surface area contributed by atoms with E-state index in [1.165, 1.54) is 153 Å². The predicted octanol–water partition coefficient (Wildman–Crippen LogP) is 9.75. The molecule has 0 atom stereocenters. The van der Waals surface area contributed by atoms with Crippen LogP contribution in [0.2, 0.25) is 0 Å².